The fraction of sp³-hybridized carbons (Fsp3) is 0.609. The number of nitrogens with one attached hydrogen (secondary N) is 1. The second kappa shape index (κ2) is 10.9. The van der Waals surface area contributed by atoms with Crippen LogP contribution in [0.1, 0.15) is 43.5 Å². The van der Waals surface area contributed by atoms with E-state index in [0.29, 0.717) is 6.42 Å². The smallest absolute Gasteiger partial charge is 0.224 e. The molecular formula is C23H33N5O2S. The third-order valence-electron chi connectivity index (χ3n) is 6.19. The van der Waals surface area contributed by atoms with Gasteiger partial charge >= 0.3 is 0 Å². The summed E-state index contributed by atoms with van der Waals surface area (Å²) in [6.07, 6.45) is 6.55. The van der Waals surface area contributed by atoms with Crippen LogP contribution >= 0.6 is 11.5 Å². The van der Waals surface area contributed by atoms with E-state index in [-0.39, 0.29) is 11.8 Å². The Morgan fingerprint density at radius 1 is 1.23 bits per heavy atom. The molecule has 0 saturated carbocycles. The van der Waals surface area contributed by atoms with Crippen LogP contribution in [-0.4, -0.2) is 66.5 Å². The number of hydrogen-bond acceptors (Lipinski definition) is 7. The molecule has 2 aromatic rings. The molecule has 168 valence electrons. The molecule has 1 N–H and O–H groups in total. The van der Waals surface area contributed by atoms with Crippen molar-refractivity contribution in [3.05, 3.63) is 35.7 Å². The number of piperidine rings is 2. The van der Waals surface area contributed by atoms with E-state index >= 15 is 0 Å². The maximum Gasteiger partial charge on any atom is 0.224 e. The van der Waals surface area contributed by atoms with Crippen LogP contribution in [0.15, 0.2) is 24.3 Å². The Hall–Kier alpha value is -2.19. The molecule has 7 nitrogen and oxygen atoms in total. The fourth-order valence-corrected chi connectivity index (χ4v) is 5.16. The molecule has 0 aliphatic carbocycles. The van der Waals surface area contributed by atoms with Crippen molar-refractivity contribution >= 4 is 22.6 Å². The molecule has 2 saturated heterocycles. The van der Waals surface area contributed by atoms with Crippen LogP contribution in [0.3, 0.4) is 0 Å². The number of benzene rings is 1. The predicted molar refractivity (Wildman–Crippen MR) is 124 cm³/mol. The Kier molecular flexibility index (Phi) is 7.75. The third kappa shape index (κ3) is 6.17. The van der Waals surface area contributed by atoms with Gasteiger partial charge in [-0.25, -0.2) is 4.98 Å². The van der Waals surface area contributed by atoms with Crippen LogP contribution in [0.4, 0.5) is 5.13 Å². The zero-order valence-corrected chi connectivity index (χ0v) is 19.2. The lowest BCUT2D eigenvalue weighted by molar-refractivity contribution is -0.125. The second-order valence-corrected chi connectivity index (χ2v) is 9.23. The average Bonchev–Trinajstić information content (AvgIpc) is 3.28. The molecule has 4 rings (SSSR count). The normalized spacial score (nSPS) is 19.9. The molecule has 2 aliphatic rings. The number of hydrogen-bond donors (Lipinski definition) is 1. The number of carbonyl (C=O) groups excluding carboxylic acids is 1. The van der Waals surface area contributed by atoms with Gasteiger partial charge in [-0.1, -0.05) is 18.6 Å². The van der Waals surface area contributed by atoms with Crippen LogP contribution in [0.2, 0.25) is 0 Å². The van der Waals surface area contributed by atoms with Crippen LogP contribution < -0.4 is 15.0 Å². The number of carbonyl (C=O) groups is 1. The molecule has 1 aromatic carbocycles. The zero-order chi connectivity index (χ0) is 21.5. The molecule has 2 fully saturated rings. The molecule has 0 bridgehead atoms. The number of likely N-dealkylation sites (tertiary alicyclic amines) is 1. The van der Waals surface area contributed by atoms with Crippen molar-refractivity contribution in [3.63, 3.8) is 0 Å². The minimum atomic E-state index is 0.0286. The Morgan fingerprint density at radius 2 is 2.10 bits per heavy atom. The Labute approximate surface area is 189 Å². The number of anilines is 1. The highest BCUT2D eigenvalue weighted by Gasteiger charge is 2.27. The molecule has 3 heterocycles. The summed E-state index contributed by atoms with van der Waals surface area (Å²) >= 11 is 1.43. The number of rotatable bonds is 8. The lowest BCUT2D eigenvalue weighted by Gasteiger charge is -2.32. The van der Waals surface area contributed by atoms with Crippen LogP contribution in [0.5, 0.6) is 5.75 Å². The average molecular weight is 444 g/mol. The van der Waals surface area contributed by atoms with Gasteiger partial charge in [0, 0.05) is 44.1 Å². The van der Waals surface area contributed by atoms with Gasteiger partial charge in [0.05, 0.1) is 13.0 Å². The highest BCUT2D eigenvalue weighted by molar-refractivity contribution is 7.09. The molecule has 31 heavy (non-hydrogen) atoms. The molecular weight excluding hydrogens is 410 g/mol. The first-order valence-corrected chi connectivity index (χ1v) is 12.2. The number of methoxy groups -OCH3 is 1. The third-order valence-corrected chi connectivity index (χ3v) is 7.01. The summed E-state index contributed by atoms with van der Waals surface area (Å²) in [5.74, 6) is 1.88. The first-order chi connectivity index (χ1) is 15.2. The van der Waals surface area contributed by atoms with E-state index in [1.165, 1.54) is 43.9 Å². The van der Waals surface area contributed by atoms with Crippen molar-refractivity contribution in [3.8, 4) is 5.75 Å². The van der Waals surface area contributed by atoms with Crippen molar-refractivity contribution < 1.29 is 9.53 Å². The standard InChI is InChI=1S/C23H33N5O2S/c1-30-20-9-5-7-18(15-20)16-21-25-23(31-26-21)28-13-6-8-19(17-28)22(29)24-10-14-27-11-3-2-4-12-27/h5,7,9,15,19H,2-4,6,8,10-14,16-17H2,1H3,(H,24,29). The summed E-state index contributed by atoms with van der Waals surface area (Å²) in [5.41, 5.74) is 1.13. The van der Waals surface area contributed by atoms with E-state index < -0.39 is 0 Å². The molecule has 1 amide bonds. The van der Waals surface area contributed by atoms with Gasteiger partial charge in [0.1, 0.15) is 11.6 Å². The van der Waals surface area contributed by atoms with Gasteiger partial charge in [-0.2, -0.15) is 4.37 Å². The number of aromatic nitrogens is 2. The first-order valence-electron chi connectivity index (χ1n) is 11.4. The summed E-state index contributed by atoms with van der Waals surface area (Å²) in [4.78, 5) is 22.2. The summed E-state index contributed by atoms with van der Waals surface area (Å²) in [6, 6.07) is 8.01. The molecule has 0 spiro atoms. The maximum atomic E-state index is 12.7. The summed E-state index contributed by atoms with van der Waals surface area (Å²) in [6.45, 7) is 5.71. The van der Waals surface area contributed by atoms with Crippen molar-refractivity contribution in [1.29, 1.82) is 0 Å². The number of ether oxygens (including phenoxy) is 1. The minimum absolute atomic E-state index is 0.0286. The monoisotopic (exact) mass is 443 g/mol. The Bertz CT molecular complexity index is 852. The molecule has 1 atom stereocenters. The van der Waals surface area contributed by atoms with E-state index in [4.69, 9.17) is 9.72 Å². The molecule has 8 heteroatoms. The van der Waals surface area contributed by atoms with Crippen LogP contribution in [-0.2, 0) is 11.2 Å². The summed E-state index contributed by atoms with van der Waals surface area (Å²) < 4.78 is 9.86. The highest BCUT2D eigenvalue weighted by Crippen LogP contribution is 2.26. The summed E-state index contributed by atoms with van der Waals surface area (Å²) in [5, 5.41) is 4.09. The van der Waals surface area contributed by atoms with E-state index in [2.05, 4.69) is 25.6 Å². The van der Waals surface area contributed by atoms with Crippen LogP contribution in [0.25, 0.3) is 0 Å². The van der Waals surface area contributed by atoms with Crippen molar-refractivity contribution in [2.24, 2.45) is 5.92 Å². The largest absolute Gasteiger partial charge is 0.497 e. The molecule has 2 aliphatic heterocycles. The molecule has 1 aromatic heterocycles. The highest BCUT2D eigenvalue weighted by atomic mass is 32.1. The lowest BCUT2D eigenvalue weighted by atomic mass is 9.97. The van der Waals surface area contributed by atoms with Gasteiger partial charge < -0.3 is 19.9 Å². The lowest BCUT2D eigenvalue weighted by Crippen LogP contribution is -2.45. The van der Waals surface area contributed by atoms with Crippen molar-refractivity contribution in [1.82, 2.24) is 19.6 Å². The van der Waals surface area contributed by atoms with E-state index in [1.807, 2.05) is 18.2 Å². The number of nitrogens with zero attached hydrogens (tertiary/aromatic N) is 4. The fourth-order valence-electron chi connectivity index (χ4n) is 4.44. The van der Waals surface area contributed by atoms with E-state index in [1.54, 1.807) is 7.11 Å². The second-order valence-electron chi connectivity index (χ2n) is 8.50. The van der Waals surface area contributed by atoms with Crippen molar-refractivity contribution in [2.75, 3.05) is 51.3 Å². The number of amides is 1. The Morgan fingerprint density at radius 3 is 2.94 bits per heavy atom. The maximum absolute atomic E-state index is 12.7. The van der Waals surface area contributed by atoms with E-state index in [0.717, 1.165) is 61.3 Å². The van der Waals surface area contributed by atoms with Gasteiger partial charge in [-0.15, -0.1) is 0 Å². The predicted octanol–water partition coefficient (Wildman–Crippen LogP) is 2.96. The topological polar surface area (TPSA) is 70.6 Å². The van der Waals surface area contributed by atoms with Gasteiger partial charge in [-0.05, 0) is 56.5 Å². The molecule has 1 unspecified atom stereocenters. The SMILES string of the molecule is COc1cccc(Cc2nsc(N3CCCC(C(=O)NCCN4CCCCC4)C3)n2)c1. The zero-order valence-electron chi connectivity index (χ0n) is 18.4. The Balaban J connectivity index is 1.27. The van der Waals surface area contributed by atoms with Gasteiger partial charge in [0.15, 0.2) is 0 Å². The quantitative estimate of drug-likeness (QED) is 0.676. The summed E-state index contributed by atoms with van der Waals surface area (Å²) in [7, 11) is 1.68. The van der Waals surface area contributed by atoms with E-state index in [9.17, 15) is 4.79 Å². The molecule has 0 radical (unpaired) electrons. The van der Waals surface area contributed by atoms with Crippen molar-refractivity contribution in [2.45, 2.75) is 38.5 Å². The minimum Gasteiger partial charge on any atom is -0.497 e. The van der Waals surface area contributed by atoms with Crippen LogP contribution in [0, 0.1) is 5.92 Å². The van der Waals surface area contributed by atoms with Gasteiger partial charge in [-0.3, -0.25) is 4.79 Å². The van der Waals surface area contributed by atoms with Gasteiger partial charge in [0.25, 0.3) is 0 Å². The van der Waals surface area contributed by atoms with Gasteiger partial charge in [0.2, 0.25) is 11.0 Å². The first kappa shape index (κ1) is 22.0.